The molecule has 1 aliphatic rings. The van der Waals surface area contributed by atoms with E-state index < -0.39 is 0 Å². The van der Waals surface area contributed by atoms with Gasteiger partial charge in [-0.1, -0.05) is 12.1 Å². The largest absolute Gasteiger partial charge is 0.491 e. The van der Waals surface area contributed by atoms with Crippen LogP contribution in [0.2, 0.25) is 0 Å². The number of aliphatic hydroxyl groups excluding tert-OH is 1. The van der Waals surface area contributed by atoms with Gasteiger partial charge in [-0.3, -0.25) is 4.90 Å². The van der Waals surface area contributed by atoms with Gasteiger partial charge < -0.3 is 15.2 Å². The Morgan fingerprint density at radius 2 is 2.05 bits per heavy atom. The summed E-state index contributed by atoms with van der Waals surface area (Å²) in [4.78, 5) is 2.32. The van der Waals surface area contributed by atoms with Crippen LogP contribution in [0.1, 0.15) is 25.5 Å². The number of piperazine rings is 1. The summed E-state index contributed by atoms with van der Waals surface area (Å²) in [5.41, 5.74) is 1.13. The highest BCUT2D eigenvalue weighted by Crippen LogP contribution is 2.24. The molecule has 2 N–H and O–H groups in total. The molecule has 1 saturated heterocycles. The van der Waals surface area contributed by atoms with Crippen LogP contribution in [0.5, 0.6) is 5.75 Å². The maximum Gasteiger partial charge on any atom is 0.120 e. The van der Waals surface area contributed by atoms with E-state index in [1.54, 1.807) is 0 Å². The fourth-order valence-corrected chi connectivity index (χ4v) is 2.49. The Kier molecular flexibility index (Phi) is 5.19. The van der Waals surface area contributed by atoms with Crippen molar-refractivity contribution in [2.24, 2.45) is 0 Å². The predicted molar refractivity (Wildman–Crippen MR) is 76.5 cm³/mol. The van der Waals surface area contributed by atoms with Crippen LogP contribution >= 0.6 is 0 Å². The summed E-state index contributed by atoms with van der Waals surface area (Å²) in [6, 6.07) is 8.14. The van der Waals surface area contributed by atoms with Gasteiger partial charge in [0.2, 0.25) is 0 Å². The average Bonchev–Trinajstić information content (AvgIpc) is 2.40. The van der Waals surface area contributed by atoms with Crippen LogP contribution in [0.4, 0.5) is 0 Å². The summed E-state index contributed by atoms with van der Waals surface area (Å²) < 4.78 is 5.72. The van der Waals surface area contributed by atoms with Crippen molar-refractivity contribution < 1.29 is 9.84 Å². The van der Waals surface area contributed by atoms with Gasteiger partial charge in [0.15, 0.2) is 0 Å². The van der Waals surface area contributed by atoms with E-state index >= 15 is 0 Å². The second-order valence-electron chi connectivity index (χ2n) is 5.22. The van der Waals surface area contributed by atoms with Gasteiger partial charge in [0, 0.05) is 26.2 Å². The summed E-state index contributed by atoms with van der Waals surface area (Å²) in [6.45, 7) is 8.10. The number of rotatable bonds is 5. The molecule has 1 fully saturated rings. The monoisotopic (exact) mass is 264 g/mol. The second kappa shape index (κ2) is 6.89. The summed E-state index contributed by atoms with van der Waals surface area (Å²) in [5.74, 6) is 0.876. The minimum absolute atomic E-state index is 0.0674. The number of benzene rings is 1. The van der Waals surface area contributed by atoms with Gasteiger partial charge in [0.1, 0.15) is 5.75 Å². The summed E-state index contributed by atoms with van der Waals surface area (Å²) >= 11 is 0. The van der Waals surface area contributed by atoms with E-state index in [0.29, 0.717) is 0 Å². The van der Waals surface area contributed by atoms with Crippen molar-refractivity contribution in [3.63, 3.8) is 0 Å². The van der Waals surface area contributed by atoms with Crippen LogP contribution in [-0.4, -0.2) is 48.9 Å². The number of hydrogen-bond donors (Lipinski definition) is 2. The molecule has 4 heteroatoms. The molecule has 1 heterocycles. The predicted octanol–water partition coefficient (Wildman–Crippen LogP) is 1.41. The first-order chi connectivity index (χ1) is 9.20. The highest BCUT2D eigenvalue weighted by Gasteiger charge is 2.21. The van der Waals surface area contributed by atoms with Crippen molar-refractivity contribution in [1.82, 2.24) is 10.2 Å². The molecule has 1 atom stereocenters. The lowest BCUT2D eigenvalue weighted by Crippen LogP contribution is -2.46. The van der Waals surface area contributed by atoms with Crippen molar-refractivity contribution in [3.8, 4) is 5.75 Å². The van der Waals surface area contributed by atoms with Crippen molar-refractivity contribution in [3.05, 3.63) is 29.8 Å². The van der Waals surface area contributed by atoms with Crippen molar-refractivity contribution in [2.75, 3.05) is 32.8 Å². The molecular formula is C15H24N2O2. The van der Waals surface area contributed by atoms with Crippen LogP contribution in [-0.2, 0) is 0 Å². The molecule has 1 aromatic rings. The van der Waals surface area contributed by atoms with E-state index in [1.165, 1.54) is 0 Å². The molecule has 1 aromatic carbocycles. The molecule has 2 rings (SSSR count). The van der Waals surface area contributed by atoms with E-state index in [1.807, 2.05) is 32.0 Å². The average molecular weight is 264 g/mol. The smallest absolute Gasteiger partial charge is 0.120 e. The third-order valence-electron chi connectivity index (χ3n) is 3.38. The lowest BCUT2D eigenvalue weighted by Gasteiger charge is -2.34. The van der Waals surface area contributed by atoms with Crippen LogP contribution in [0.15, 0.2) is 24.3 Å². The molecule has 1 aliphatic heterocycles. The van der Waals surface area contributed by atoms with Crippen molar-refractivity contribution in [2.45, 2.75) is 26.0 Å². The fraction of sp³-hybridized carbons (Fsp3) is 0.600. The zero-order valence-corrected chi connectivity index (χ0v) is 11.8. The fourth-order valence-electron chi connectivity index (χ4n) is 2.49. The summed E-state index contributed by atoms with van der Waals surface area (Å²) in [5, 5.41) is 13.0. The lowest BCUT2D eigenvalue weighted by atomic mass is 10.0. The normalized spacial score (nSPS) is 18.5. The molecule has 0 saturated carbocycles. The minimum atomic E-state index is 0.0674. The quantitative estimate of drug-likeness (QED) is 0.844. The van der Waals surface area contributed by atoms with Crippen LogP contribution in [0.3, 0.4) is 0 Å². The summed E-state index contributed by atoms with van der Waals surface area (Å²) in [7, 11) is 0. The SMILES string of the molecule is CC(C)Oc1cccc(C(CO)N2CCNCC2)c1. The summed E-state index contributed by atoms with van der Waals surface area (Å²) in [6.07, 6.45) is 0.169. The Morgan fingerprint density at radius 3 is 2.68 bits per heavy atom. The number of nitrogens with zero attached hydrogens (tertiary/aromatic N) is 1. The molecule has 0 spiro atoms. The highest BCUT2D eigenvalue weighted by molar-refractivity contribution is 5.31. The van der Waals surface area contributed by atoms with Crippen LogP contribution in [0, 0.1) is 0 Å². The minimum Gasteiger partial charge on any atom is -0.491 e. The zero-order chi connectivity index (χ0) is 13.7. The third kappa shape index (κ3) is 3.93. The molecule has 106 valence electrons. The Balaban J connectivity index is 2.12. The molecule has 1 unspecified atom stereocenters. The van der Waals surface area contributed by atoms with Gasteiger partial charge in [-0.25, -0.2) is 0 Å². The molecular weight excluding hydrogens is 240 g/mol. The third-order valence-corrected chi connectivity index (χ3v) is 3.38. The van der Waals surface area contributed by atoms with E-state index in [-0.39, 0.29) is 18.8 Å². The molecule has 0 amide bonds. The van der Waals surface area contributed by atoms with E-state index in [9.17, 15) is 5.11 Å². The first kappa shape index (κ1) is 14.3. The standard InChI is InChI=1S/C15H24N2O2/c1-12(2)19-14-5-3-4-13(10-14)15(11-18)17-8-6-16-7-9-17/h3-5,10,12,15-16,18H,6-9,11H2,1-2H3. The van der Waals surface area contributed by atoms with Gasteiger partial charge >= 0.3 is 0 Å². The van der Waals surface area contributed by atoms with Gasteiger partial charge in [-0.05, 0) is 31.5 Å². The van der Waals surface area contributed by atoms with Gasteiger partial charge in [-0.15, -0.1) is 0 Å². The number of ether oxygens (including phenoxy) is 1. The van der Waals surface area contributed by atoms with Gasteiger partial charge in [0.25, 0.3) is 0 Å². The van der Waals surface area contributed by atoms with E-state index in [4.69, 9.17) is 4.74 Å². The number of aliphatic hydroxyl groups is 1. The Bertz CT molecular complexity index is 389. The number of nitrogens with one attached hydrogen (secondary N) is 1. The molecule has 0 radical (unpaired) electrons. The zero-order valence-electron chi connectivity index (χ0n) is 11.8. The van der Waals surface area contributed by atoms with Crippen LogP contribution < -0.4 is 10.1 Å². The lowest BCUT2D eigenvalue weighted by molar-refractivity contribution is 0.110. The van der Waals surface area contributed by atoms with Gasteiger partial charge in [-0.2, -0.15) is 0 Å². The first-order valence-electron chi connectivity index (χ1n) is 7.03. The molecule has 19 heavy (non-hydrogen) atoms. The van der Waals surface area contributed by atoms with Gasteiger partial charge in [0.05, 0.1) is 18.8 Å². The second-order valence-corrected chi connectivity index (χ2v) is 5.22. The Labute approximate surface area is 115 Å². The maximum atomic E-state index is 9.70. The number of hydrogen-bond acceptors (Lipinski definition) is 4. The topological polar surface area (TPSA) is 44.7 Å². The van der Waals surface area contributed by atoms with Crippen molar-refractivity contribution in [1.29, 1.82) is 0 Å². The van der Waals surface area contributed by atoms with E-state index in [2.05, 4.69) is 16.3 Å². The molecule has 0 bridgehead atoms. The Morgan fingerprint density at radius 1 is 1.32 bits per heavy atom. The highest BCUT2D eigenvalue weighted by atomic mass is 16.5. The van der Waals surface area contributed by atoms with Crippen LogP contribution in [0.25, 0.3) is 0 Å². The van der Waals surface area contributed by atoms with Crippen molar-refractivity contribution >= 4 is 0 Å². The van der Waals surface area contributed by atoms with E-state index in [0.717, 1.165) is 37.5 Å². The molecule has 0 aromatic heterocycles. The molecule has 0 aliphatic carbocycles. The Hall–Kier alpha value is -1.10. The molecule has 4 nitrogen and oxygen atoms in total. The first-order valence-corrected chi connectivity index (χ1v) is 7.03. The maximum absolute atomic E-state index is 9.70.